The maximum atomic E-state index is 13.2. The molecular formula is C24H21FN2O2S2. The Morgan fingerprint density at radius 1 is 1.00 bits per heavy atom. The lowest BCUT2D eigenvalue weighted by Gasteiger charge is -2.16. The Bertz CT molecular complexity index is 1220. The molecule has 0 spiro atoms. The largest absolute Gasteiger partial charge is 0.348 e. The second kappa shape index (κ2) is 10.3. The van der Waals surface area contributed by atoms with E-state index in [1.807, 2.05) is 37.3 Å². The Morgan fingerprint density at radius 2 is 1.65 bits per heavy atom. The first-order valence-electron chi connectivity index (χ1n) is 9.62. The van der Waals surface area contributed by atoms with Crippen molar-refractivity contribution in [3.63, 3.8) is 0 Å². The zero-order chi connectivity index (χ0) is 22.3. The van der Waals surface area contributed by atoms with Crippen LogP contribution >= 0.6 is 11.8 Å². The Morgan fingerprint density at radius 3 is 2.29 bits per heavy atom. The molecule has 0 aromatic heterocycles. The number of aryl methyl sites for hydroxylation is 1. The van der Waals surface area contributed by atoms with E-state index in [-0.39, 0.29) is 20.6 Å². The zero-order valence-electron chi connectivity index (χ0n) is 16.9. The molecule has 0 saturated carbocycles. The molecule has 4 nitrogen and oxygen atoms in total. The number of rotatable bonds is 8. The topological polar surface area (TPSA) is 70.0 Å². The molecule has 31 heavy (non-hydrogen) atoms. The van der Waals surface area contributed by atoms with E-state index in [0.29, 0.717) is 5.75 Å². The number of hydrogen-bond acceptors (Lipinski definition) is 5. The highest BCUT2D eigenvalue weighted by Crippen LogP contribution is 2.32. The highest BCUT2D eigenvalue weighted by molar-refractivity contribution is 8.04. The molecule has 7 heteroatoms. The molecule has 0 fully saturated rings. The normalized spacial score (nSPS) is 12.0. The van der Waals surface area contributed by atoms with Crippen LogP contribution in [0.2, 0.25) is 0 Å². The number of halogens is 1. The lowest BCUT2D eigenvalue weighted by Crippen LogP contribution is -2.11. The van der Waals surface area contributed by atoms with Crippen molar-refractivity contribution in [2.75, 3.05) is 5.32 Å². The summed E-state index contributed by atoms with van der Waals surface area (Å²) in [6.07, 6.45) is 0.742. The van der Waals surface area contributed by atoms with E-state index in [2.05, 4.69) is 5.32 Å². The monoisotopic (exact) mass is 452 g/mol. The standard InChI is InChI=1S/C24H21FN2O2S2/c1-2-19-8-6-7-11-22(19)27-24(30-17-18-12-14-20(25)15-13-18)23(16-26)31(28,29)21-9-4-3-5-10-21/h3-15,27H,2,17H2,1H3. The van der Waals surface area contributed by atoms with Crippen molar-refractivity contribution in [3.05, 3.63) is 106 Å². The van der Waals surface area contributed by atoms with Gasteiger partial charge in [0.2, 0.25) is 9.84 Å². The second-order valence-corrected chi connectivity index (χ2v) is 9.51. The average molecular weight is 453 g/mol. The number of nitriles is 1. The van der Waals surface area contributed by atoms with E-state index in [9.17, 15) is 18.1 Å². The lowest BCUT2D eigenvalue weighted by molar-refractivity contribution is 0.603. The maximum absolute atomic E-state index is 13.2. The van der Waals surface area contributed by atoms with Gasteiger partial charge in [-0.15, -0.1) is 11.8 Å². The van der Waals surface area contributed by atoms with E-state index in [1.165, 1.54) is 36.0 Å². The van der Waals surface area contributed by atoms with Crippen molar-refractivity contribution in [1.82, 2.24) is 0 Å². The summed E-state index contributed by atoms with van der Waals surface area (Å²) in [6, 6.07) is 23.3. The Labute approximate surface area is 186 Å². The van der Waals surface area contributed by atoms with Gasteiger partial charge in [-0.2, -0.15) is 5.26 Å². The van der Waals surface area contributed by atoms with Crippen molar-refractivity contribution in [2.45, 2.75) is 24.0 Å². The molecule has 0 saturated heterocycles. The fraction of sp³-hybridized carbons (Fsp3) is 0.125. The van der Waals surface area contributed by atoms with Gasteiger partial charge in [-0.05, 0) is 47.9 Å². The van der Waals surface area contributed by atoms with Crippen LogP contribution in [0.1, 0.15) is 18.1 Å². The molecule has 0 aliphatic carbocycles. The molecule has 0 atom stereocenters. The SMILES string of the molecule is CCc1ccccc1NC(SCc1ccc(F)cc1)=C(C#N)S(=O)(=O)c1ccccc1. The third-order valence-corrected chi connectivity index (χ3v) is 7.50. The molecule has 0 unspecified atom stereocenters. The fourth-order valence-electron chi connectivity index (χ4n) is 2.92. The predicted molar refractivity (Wildman–Crippen MR) is 123 cm³/mol. The van der Waals surface area contributed by atoms with Gasteiger partial charge < -0.3 is 5.32 Å². The second-order valence-electron chi connectivity index (χ2n) is 6.64. The minimum absolute atomic E-state index is 0.0528. The predicted octanol–water partition coefficient (Wildman–Crippen LogP) is 5.90. The number of nitrogens with zero attached hydrogens (tertiary/aromatic N) is 1. The molecule has 158 valence electrons. The summed E-state index contributed by atoms with van der Waals surface area (Å²) in [5, 5.41) is 13.2. The smallest absolute Gasteiger partial charge is 0.219 e. The first-order valence-corrected chi connectivity index (χ1v) is 12.1. The van der Waals surface area contributed by atoms with E-state index in [0.717, 1.165) is 23.2 Å². The summed E-state index contributed by atoms with van der Waals surface area (Å²) < 4.78 is 39.7. The Hall–Kier alpha value is -3.08. The lowest BCUT2D eigenvalue weighted by atomic mass is 10.1. The molecule has 3 aromatic rings. The number of sulfone groups is 1. The summed E-state index contributed by atoms with van der Waals surface area (Å²) in [4.78, 5) is -0.297. The fourth-order valence-corrected chi connectivity index (χ4v) is 5.45. The summed E-state index contributed by atoms with van der Waals surface area (Å²) >= 11 is 1.19. The number of nitrogens with one attached hydrogen (secondary N) is 1. The molecule has 3 rings (SSSR count). The molecule has 0 aliphatic heterocycles. The molecule has 0 heterocycles. The van der Waals surface area contributed by atoms with Gasteiger partial charge >= 0.3 is 0 Å². The summed E-state index contributed by atoms with van der Waals surface area (Å²) in [5.74, 6) is 0.0238. The van der Waals surface area contributed by atoms with Crippen molar-refractivity contribution < 1.29 is 12.8 Å². The summed E-state index contributed by atoms with van der Waals surface area (Å²) in [6.45, 7) is 2.00. The van der Waals surface area contributed by atoms with Crippen LogP contribution in [-0.4, -0.2) is 8.42 Å². The van der Waals surface area contributed by atoms with Crippen LogP contribution in [0.15, 0.2) is 93.7 Å². The average Bonchev–Trinajstić information content (AvgIpc) is 2.79. The number of allylic oxidation sites excluding steroid dienone is 1. The van der Waals surface area contributed by atoms with Crippen LogP contribution in [0.3, 0.4) is 0 Å². The Balaban J connectivity index is 2.06. The third-order valence-electron chi connectivity index (χ3n) is 4.57. The number of thioether (sulfide) groups is 1. The van der Waals surface area contributed by atoms with Gasteiger partial charge in [-0.25, -0.2) is 12.8 Å². The first-order chi connectivity index (χ1) is 15.0. The van der Waals surface area contributed by atoms with Crippen LogP contribution in [0.4, 0.5) is 10.1 Å². The highest BCUT2D eigenvalue weighted by Gasteiger charge is 2.25. The van der Waals surface area contributed by atoms with E-state index in [1.54, 1.807) is 30.3 Å². The van der Waals surface area contributed by atoms with Crippen molar-refractivity contribution >= 4 is 27.3 Å². The minimum Gasteiger partial charge on any atom is -0.348 e. The highest BCUT2D eigenvalue weighted by atomic mass is 32.2. The number of hydrogen-bond donors (Lipinski definition) is 1. The van der Waals surface area contributed by atoms with E-state index >= 15 is 0 Å². The number of para-hydroxylation sites is 1. The van der Waals surface area contributed by atoms with Gasteiger partial charge in [0, 0.05) is 11.4 Å². The molecule has 0 radical (unpaired) electrons. The zero-order valence-corrected chi connectivity index (χ0v) is 18.5. The first kappa shape index (κ1) is 22.6. The molecule has 0 bridgehead atoms. The number of benzene rings is 3. The minimum atomic E-state index is -4.03. The van der Waals surface area contributed by atoms with Crippen molar-refractivity contribution in [1.29, 1.82) is 5.26 Å². The van der Waals surface area contributed by atoms with Crippen molar-refractivity contribution in [3.8, 4) is 6.07 Å². The molecular weight excluding hydrogens is 431 g/mol. The number of anilines is 1. The molecule has 0 amide bonds. The summed E-state index contributed by atoms with van der Waals surface area (Å²) in [5.41, 5.74) is 2.54. The van der Waals surface area contributed by atoms with Gasteiger partial charge in [0.1, 0.15) is 16.9 Å². The summed E-state index contributed by atoms with van der Waals surface area (Å²) in [7, 11) is -4.03. The van der Waals surface area contributed by atoms with Crippen LogP contribution in [-0.2, 0) is 22.0 Å². The van der Waals surface area contributed by atoms with Crippen molar-refractivity contribution in [2.24, 2.45) is 0 Å². The van der Waals surface area contributed by atoms with Crippen LogP contribution in [0.25, 0.3) is 0 Å². The molecule has 3 aromatic carbocycles. The van der Waals surface area contributed by atoms with Crippen LogP contribution in [0.5, 0.6) is 0 Å². The molecule has 0 aliphatic rings. The van der Waals surface area contributed by atoms with E-state index in [4.69, 9.17) is 0 Å². The third kappa shape index (κ3) is 5.54. The van der Waals surface area contributed by atoms with Gasteiger partial charge in [-0.1, -0.05) is 55.5 Å². The van der Waals surface area contributed by atoms with Gasteiger partial charge in [0.05, 0.1) is 4.90 Å². The maximum Gasteiger partial charge on any atom is 0.219 e. The van der Waals surface area contributed by atoms with E-state index < -0.39 is 9.84 Å². The van der Waals surface area contributed by atoms with Gasteiger partial charge in [-0.3, -0.25) is 0 Å². The van der Waals surface area contributed by atoms with Gasteiger partial charge in [0.15, 0.2) is 4.91 Å². The van der Waals surface area contributed by atoms with Gasteiger partial charge in [0.25, 0.3) is 0 Å². The quantitative estimate of drug-likeness (QED) is 0.431. The Kier molecular flexibility index (Phi) is 7.50. The molecule has 1 N–H and O–H groups in total. The van der Waals surface area contributed by atoms with Crippen LogP contribution < -0.4 is 5.32 Å². The van der Waals surface area contributed by atoms with Crippen LogP contribution in [0, 0.1) is 17.1 Å².